The highest BCUT2D eigenvalue weighted by atomic mass is 32.2. The molecule has 4 rings (SSSR count). The van der Waals surface area contributed by atoms with Gasteiger partial charge in [-0.05, 0) is 54.6 Å². The van der Waals surface area contributed by atoms with Crippen molar-refractivity contribution in [1.29, 1.82) is 0 Å². The van der Waals surface area contributed by atoms with Gasteiger partial charge in [0.2, 0.25) is 0 Å². The molecule has 152 valence electrons. The zero-order chi connectivity index (χ0) is 21.3. The van der Waals surface area contributed by atoms with Gasteiger partial charge in [0.25, 0.3) is 10.0 Å². The summed E-state index contributed by atoms with van der Waals surface area (Å²) in [6.45, 7) is 0. The van der Waals surface area contributed by atoms with Crippen molar-refractivity contribution in [2.75, 3.05) is 19.1 Å². The molecule has 0 amide bonds. The molecular weight excluding hydrogens is 404 g/mol. The van der Waals surface area contributed by atoms with E-state index in [4.69, 9.17) is 9.47 Å². The highest BCUT2D eigenvalue weighted by Crippen LogP contribution is 2.30. The summed E-state index contributed by atoms with van der Waals surface area (Å²) in [5.74, 6) is 0.761. The van der Waals surface area contributed by atoms with Gasteiger partial charge in [0, 0.05) is 18.3 Å². The summed E-state index contributed by atoms with van der Waals surface area (Å²) in [6, 6.07) is 20.1. The molecule has 3 aromatic carbocycles. The number of fused-ring (bicyclic) bond motifs is 1. The van der Waals surface area contributed by atoms with Gasteiger partial charge in [0.1, 0.15) is 16.4 Å². The molecule has 0 fully saturated rings. The first kappa shape index (κ1) is 19.7. The highest BCUT2D eigenvalue weighted by molar-refractivity contribution is 7.90. The Balaban J connectivity index is 1.53. The molecule has 1 aliphatic heterocycles. The largest absolute Gasteiger partial charge is 0.497 e. The molecule has 0 spiro atoms. The molecule has 0 atom stereocenters. The van der Waals surface area contributed by atoms with Crippen LogP contribution in [0.3, 0.4) is 0 Å². The molecule has 1 aliphatic rings. The van der Waals surface area contributed by atoms with Crippen molar-refractivity contribution in [3.05, 3.63) is 83.9 Å². The number of hydrogen-bond acceptors (Lipinski definition) is 6. The lowest BCUT2D eigenvalue weighted by molar-refractivity contribution is 0.0734. The Morgan fingerprint density at radius 2 is 1.67 bits per heavy atom. The van der Waals surface area contributed by atoms with Crippen LogP contribution in [0.1, 0.15) is 15.9 Å². The molecule has 0 radical (unpaired) electrons. The summed E-state index contributed by atoms with van der Waals surface area (Å²) in [7, 11) is -0.446. The lowest BCUT2D eigenvalue weighted by Gasteiger charge is -2.19. The van der Waals surface area contributed by atoms with Crippen LogP contribution in [0.5, 0.6) is 11.5 Å². The average Bonchev–Trinajstić information content (AvgIpc) is 3.05. The van der Waals surface area contributed by atoms with Crippen LogP contribution in [0.2, 0.25) is 0 Å². The van der Waals surface area contributed by atoms with Gasteiger partial charge < -0.3 is 14.4 Å². The number of benzene rings is 3. The summed E-state index contributed by atoms with van der Waals surface area (Å²) in [6.07, 6.45) is 0. The van der Waals surface area contributed by atoms with E-state index in [9.17, 15) is 13.2 Å². The topological polar surface area (TPSA) is 85.3 Å². The van der Waals surface area contributed by atoms with E-state index in [1.807, 2.05) is 0 Å². The van der Waals surface area contributed by atoms with E-state index in [0.717, 1.165) is 0 Å². The average molecular weight is 422 g/mol. The molecule has 0 saturated carbocycles. The Hall–Kier alpha value is -3.65. The van der Waals surface area contributed by atoms with E-state index < -0.39 is 16.0 Å². The number of ether oxygens (including phenoxy) is 2. The molecule has 0 N–H and O–H groups in total. The second-order valence-electron chi connectivity index (χ2n) is 6.56. The van der Waals surface area contributed by atoms with Crippen molar-refractivity contribution in [2.45, 2.75) is 4.90 Å². The summed E-state index contributed by atoms with van der Waals surface area (Å²) in [4.78, 5) is 14.2. The predicted octanol–water partition coefficient (Wildman–Crippen LogP) is 3.50. The van der Waals surface area contributed by atoms with Gasteiger partial charge in [-0.2, -0.15) is 8.42 Å². The molecule has 0 saturated heterocycles. The van der Waals surface area contributed by atoms with E-state index >= 15 is 0 Å². The highest BCUT2D eigenvalue weighted by Gasteiger charge is 2.30. The molecule has 3 aromatic rings. The lowest BCUT2D eigenvalue weighted by atomic mass is 10.2. The van der Waals surface area contributed by atoms with E-state index in [0.29, 0.717) is 34.1 Å². The van der Waals surface area contributed by atoms with Gasteiger partial charge in [-0.3, -0.25) is 0 Å². The molecule has 0 bridgehead atoms. The van der Waals surface area contributed by atoms with Crippen LogP contribution in [0.25, 0.3) is 0 Å². The van der Waals surface area contributed by atoms with Crippen LogP contribution >= 0.6 is 0 Å². The number of methoxy groups -OCH3 is 1. The van der Waals surface area contributed by atoms with Crippen LogP contribution in [-0.4, -0.2) is 34.4 Å². The van der Waals surface area contributed by atoms with Crippen LogP contribution in [0.4, 0.5) is 5.69 Å². The summed E-state index contributed by atoms with van der Waals surface area (Å²) < 4.78 is 39.0. The number of carbonyl (C=O) groups is 1. The van der Waals surface area contributed by atoms with E-state index in [-0.39, 0.29) is 4.90 Å². The van der Waals surface area contributed by atoms with Gasteiger partial charge in [-0.15, -0.1) is 4.40 Å². The standard InChI is InChI=1S/C22H18N2O5S/c1-24(21-19-8-3-4-9-20(19)30(26,27)23-21)16-10-12-17(13-11-16)29-22(25)15-6-5-7-18(14-15)28-2/h3-14H,1-2H3. The maximum atomic E-state index is 12.3. The second kappa shape index (κ2) is 7.64. The summed E-state index contributed by atoms with van der Waals surface area (Å²) in [5.41, 5.74) is 1.62. The Morgan fingerprint density at radius 3 is 2.40 bits per heavy atom. The van der Waals surface area contributed by atoms with Gasteiger partial charge in [0.15, 0.2) is 5.84 Å². The normalized spacial score (nSPS) is 13.9. The third kappa shape index (κ3) is 3.65. The second-order valence-corrected chi connectivity index (χ2v) is 8.13. The number of anilines is 1. The third-order valence-corrected chi connectivity index (χ3v) is 6.00. The number of rotatable bonds is 4. The number of esters is 1. The first-order chi connectivity index (χ1) is 14.4. The number of hydrogen-bond donors (Lipinski definition) is 0. The van der Waals surface area contributed by atoms with E-state index in [2.05, 4.69) is 4.40 Å². The number of carbonyl (C=O) groups excluding carboxylic acids is 1. The van der Waals surface area contributed by atoms with Crippen LogP contribution in [-0.2, 0) is 10.0 Å². The third-order valence-electron chi connectivity index (χ3n) is 4.67. The summed E-state index contributed by atoms with van der Waals surface area (Å²) >= 11 is 0. The lowest BCUT2D eigenvalue weighted by Crippen LogP contribution is -2.25. The van der Waals surface area contributed by atoms with E-state index in [1.54, 1.807) is 78.7 Å². The SMILES string of the molecule is COc1cccc(C(=O)Oc2ccc(N(C)C3=NS(=O)(=O)c4ccccc43)cc2)c1. The first-order valence-corrected chi connectivity index (χ1v) is 10.5. The molecule has 30 heavy (non-hydrogen) atoms. The number of amidine groups is 1. The quantitative estimate of drug-likeness (QED) is 0.473. The minimum atomic E-state index is -3.70. The fourth-order valence-electron chi connectivity index (χ4n) is 3.11. The summed E-state index contributed by atoms with van der Waals surface area (Å²) in [5, 5.41) is 0. The van der Waals surface area contributed by atoms with Crippen molar-refractivity contribution < 1.29 is 22.7 Å². The Bertz CT molecular complexity index is 1250. The molecule has 0 aromatic heterocycles. The van der Waals surface area contributed by atoms with Crippen LogP contribution < -0.4 is 14.4 Å². The Kier molecular flexibility index (Phi) is 5.01. The number of nitrogens with zero attached hydrogens (tertiary/aromatic N) is 2. The Morgan fingerprint density at radius 1 is 0.933 bits per heavy atom. The minimum absolute atomic E-state index is 0.190. The molecular formula is C22H18N2O5S. The van der Waals surface area contributed by atoms with Crippen LogP contribution in [0, 0.1) is 0 Å². The molecule has 7 nitrogen and oxygen atoms in total. The van der Waals surface area contributed by atoms with Crippen molar-refractivity contribution in [3.63, 3.8) is 0 Å². The van der Waals surface area contributed by atoms with Gasteiger partial charge in [-0.1, -0.05) is 18.2 Å². The molecule has 0 aliphatic carbocycles. The van der Waals surface area contributed by atoms with Crippen molar-refractivity contribution >= 4 is 27.5 Å². The number of sulfonamides is 1. The van der Waals surface area contributed by atoms with Gasteiger partial charge in [-0.25, -0.2) is 4.79 Å². The fraction of sp³-hybridized carbons (Fsp3) is 0.0909. The predicted molar refractivity (Wildman–Crippen MR) is 113 cm³/mol. The van der Waals surface area contributed by atoms with Gasteiger partial charge in [0.05, 0.1) is 12.7 Å². The van der Waals surface area contributed by atoms with Gasteiger partial charge >= 0.3 is 5.97 Å². The smallest absolute Gasteiger partial charge is 0.343 e. The Labute approximate surface area is 174 Å². The fourth-order valence-corrected chi connectivity index (χ4v) is 4.34. The van der Waals surface area contributed by atoms with E-state index in [1.165, 1.54) is 13.2 Å². The first-order valence-electron chi connectivity index (χ1n) is 9.03. The minimum Gasteiger partial charge on any atom is -0.497 e. The maximum absolute atomic E-state index is 12.3. The molecule has 1 heterocycles. The zero-order valence-electron chi connectivity index (χ0n) is 16.3. The molecule has 8 heteroatoms. The van der Waals surface area contributed by atoms with Crippen molar-refractivity contribution in [2.24, 2.45) is 4.40 Å². The van der Waals surface area contributed by atoms with Crippen molar-refractivity contribution in [3.8, 4) is 11.5 Å². The zero-order valence-corrected chi connectivity index (χ0v) is 17.1. The van der Waals surface area contributed by atoms with Crippen LogP contribution in [0.15, 0.2) is 82.1 Å². The molecule has 0 unspecified atom stereocenters. The van der Waals surface area contributed by atoms with Crippen molar-refractivity contribution in [1.82, 2.24) is 0 Å². The maximum Gasteiger partial charge on any atom is 0.343 e. The monoisotopic (exact) mass is 422 g/mol.